The molecule has 12 nitrogen and oxygen atoms in total. The predicted octanol–water partition coefficient (Wildman–Crippen LogP) is 2.37. The highest BCUT2D eigenvalue weighted by Crippen LogP contribution is 2.54. The van der Waals surface area contributed by atoms with Crippen molar-refractivity contribution in [3.63, 3.8) is 0 Å². The number of nitrogens with zero attached hydrogens (tertiary/aromatic N) is 2. The van der Waals surface area contributed by atoms with E-state index in [9.17, 15) is 34.8 Å². The molecule has 236 valence electrons. The van der Waals surface area contributed by atoms with Crippen LogP contribution in [0.5, 0.6) is 5.75 Å². The number of aliphatic hydroxyl groups excluding tert-OH is 2. The number of piperidine rings is 1. The smallest absolute Gasteiger partial charge is 0.255 e. The van der Waals surface area contributed by atoms with Gasteiger partial charge in [-0.25, -0.2) is 0 Å². The molecular formula is C32H40N4O8. The van der Waals surface area contributed by atoms with Crippen LogP contribution in [0.2, 0.25) is 0 Å². The van der Waals surface area contributed by atoms with E-state index in [2.05, 4.69) is 10.2 Å². The second-order valence-electron chi connectivity index (χ2n) is 12.4. The fourth-order valence-corrected chi connectivity index (χ4v) is 7.47. The van der Waals surface area contributed by atoms with E-state index in [1.54, 1.807) is 26.4 Å². The van der Waals surface area contributed by atoms with Crippen molar-refractivity contribution in [2.75, 3.05) is 39.5 Å². The molecule has 1 aromatic heterocycles. The third-order valence-corrected chi connectivity index (χ3v) is 9.63. The molecular weight excluding hydrogens is 568 g/mol. The number of nitrogens with one attached hydrogen (secondary N) is 1. The fraction of sp³-hybridized carbons (Fsp3) is 0.469. The van der Waals surface area contributed by atoms with Gasteiger partial charge in [0.15, 0.2) is 11.4 Å². The van der Waals surface area contributed by atoms with E-state index in [1.807, 2.05) is 13.1 Å². The van der Waals surface area contributed by atoms with E-state index in [0.717, 1.165) is 25.9 Å². The molecule has 1 saturated heterocycles. The van der Waals surface area contributed by atoms with Crippen LogP contribution in [-0.4, -0.2) is 99.6 Å². The number of amides is 1. The zero-order valence-electron chi connectivity index (χ0n) is 24.3. The summed E-state index contributed by atoms with van der Waals surface area (Å²) in [6, 6.07) is 2.51. The fourth-order valence-electron chi connectivity index (χ4n) is 7.47. The maximum absolute atomic E-state index is 14.2. The number of hydrogen-bond donors (Lipinski definition) is 6. The van der Waals surface area contributed by atoms with Crippen LogP contribution < -0.4 is 11.1 Å². The number of likely N-dealkylation sites (tertiary alicyclic amines) is 1. The number of aromatic hydroxyl groups is 1. The minimum absolute atomic E-state index is 0. The lowest BCUT2D eigenvalue weighted by Crippen LogP contribution is -2.65. The van der Waals surface area contributed by atoms with Crippen LogP contribution >= 0.6 is 0 Å². The van der Waals surface area contributed by atoms with Crippen molar-refractivity contribution in [1.82, 2.24) is 9.80 Å². The van der Waals surface area contributed by atoms with Crippen LogP contribution in [0.25, 0.3) is 16.9 Å². The van der Waals surface area contributed by atoms with Crippen molar-refractivity contribution in [2.24, 2.45) is 17.6 Å². The summed E-state index contributed by atoms with van der Waals surface area (Å²) in [7, 11) is 5.19. The van der Waals surface area contributed by atoms with Crippen LogP contribution in [0.3, 0.4) is 0 Å². The number of ketones is 2. The summed E-state index contributed by atoms with van der Waals surface area (Å²) in [6.07, 6.45) is 4.98. The number of hydrogen-bond acceptors (Lipinski definition) is 11. The number of benzene rings is 1. The number of aliphatic hydroxyl groups is 3. The van der Waals surface area contributed by atoms with E-state index in [0.29, 0.717) is 22.4 Å². The molecule has 3 aliphatic carbocycles. The van der Waals surface area contributed by atoms with Gasteiger partial charge in [0, 0.05) is 23.1 Å². The maximum Gasteiger partial charge on any atom is 0.255 e. The second-order valence-corrected chi connectivity index (χ2v) is 12.4. The first-order chi connectivity index (χ1) is 20.4. The number of anilines is 1. The van der Waals surface area contributed by atoms with E-state index in [-0.39, 0.29) is 43.2 Å². The Kier molecular flexibility index (Phi) is 7.90. The number of primary amides is 1. The highest BCUT2D eigenvalue weighted by Gasteiger charge is 2.64. The van der Waals surface area contributed by atoms with Crippen molar-refractivity contribution in [2.45, 2.75) is 50.8 Å². The summed E-state index contributed by atoms with van der Waals surface area (Å²) in [5.41, 5.74) is 4.12. The average Bonchev–Trinajstić information content (AvgIpc) is 3.48. The Morgan fingerprint density at radius 1 is 1.18 bits per heavy atom. The Hall–Kier alpha value is -4.13. The zero-order valence-corrected chi connectivity index (χ0v) is 24.3. The van der Waals surface area contributed by atoms with Gasteiger partial charge in [-0.1, -0.05) is 7.43 Å². The molecule has 0 spiro atoms. The minimum Gasteiger partial charge on any atom is -0.508 e. The van der Waals surface area contributed by atoms with Crippen LogP contribution in [0.1, 0.15) is 37.8 Å². The number of carbonyl (C=O) groups is 3. The lowest BCUT2D eigenvalue weighted by molar-refractivity contribution is -0.153. The van der Waals surface area contributed by atoms with Crippen molar-refractivity contribution < 1.29 is 39.2 Å². The monoisotopic (exact) mass is 608 g/mol. The summed E-state index contributed by atoms with van der Waals surface area (Å²) in [4.78, 5) is 43.4. The van der Waals surface area contributed by atoms with Gasteiger partial charge < -0.3 is 40.8 Å². The summed E-state index contributed by atoms with van der Waals surface area (Å²) >= 11 is 0. The Labute approximate surface area is 255 Å². The highest BCUT2D eigenvalue weighted by atomic mass is 16.3. The number of carbonyl (C=O) groups excluding carboxylic acids is 3. The van der Waals surface area contributed by atoms with E-state index in [4.69, 9.17) is 10.2 Å². The van der Waals surface area contributed by atoms with E-state index >= 15 is 0 Å². The molecule has 2 aromatic rings. The van der Waals surface area contributed by atoms with Crippen LogP contribution in [0.15, 0.2) is 46.0 Å². The van der Waals surface area contributed by atoms with Gasteiger partial charge in [0.25, 0.3) is 5.91 Å². The van der Waals surface area contributed by atoms with Crippen molar-refractivity contribution in [3.05, 3.63) is 52.7 Å². The third-order valence-electron chi connectivity index (χ3n) is 9.63. The number of phenolic OH excluding ortho intramolecular Hbond substituents is 1. The molecule has 7 N–H and O–H groups in total. The first kappa shape index (κ1) is 31.3. The van der Waals surface area contributed by atoms with E-state index in [1.165, 1.54) is 11.2 Å². The quantitative estimate of drug-likeness (QED) is 0.216. The van der Waals surface area contributed by atoms with Gasteiger partial charge in [-0.05, 0) is 89.1 Å². The molecule has 4 atom stereocenters. The Bertz CT molecular complexity index is 1590. The Morgan fingerprint density at radius 3 is 2.45 bits per heavy atom. The van der Waals surface area contributed by atoms with Gasteiger partial charge in [0.2, 0.25) is 5.78 Å². The molecule has 4 aliphatic rings. The molecule has 1 amide bonds. The molecule has 0 bridgehead atoms. The summed E-state index contributed by atoms with van der Waals surface area (Å²) in [5.74, 6) is -6.76. The number of Topliss-reactive ketones (excluding diaryl/α,β-unsaturated/α-hetero) is 2. The molecule has 1 saturated carbocycles. The second kappa shape index (κ2) is 11.1. The van der Waals surface area contributed by atoms with Crippen molar-refractivity contribution in [3.8, 4) is 16.9 Å². The summed E-state index contributed by atoms with van der Waals surface area (Å²) in [6.45, 7) is 1.76. The first-order valence-corrected chi connectivity index (χ1v) is 14.4. The van der Waals surface area contributed by atoms with Crippen LogP contribution in [0.4, 0.5) is 5.69 Å². The maximum atomic E-state index is 14.2. The summed E-state index contributed by atoms with van der Waals surface area (Å²) < 4.78 is 5.36. The van der Waals surface area contributed by atoms with Gasteiger partial charge >= 0.3 is 0 Å². The molecule has 2 fully saturated rings. The average molecular weight is 609 g/mol. The molecule has 0 unspecified atom stereocenters. The van der Waals surface area contributed by atoms with Crippen molar-refractivity contribution >= 4 is 28.9 Å². The number of phenols is 1. The van der Waals surface area contributed by atoms with Gasteiger partial charge in [-0.2, -0.15) is 0 Å². The number of furan rings is 1. The van der Waals surface area contributed by atoms with Gasteiger partial charge in [-0.15, -0.1) is 0 Å². The largest absolute Gasteiger partial charge is 0.508 e. The van der Waals surface area contributed by atoms with E-state index < -0.39 is 58.0 Å². The molecule has 12 heteroatoms. The predicted molar refractivity (Wildman–Crippen MR) is 163 cm³/mol. The lowest BCUT2D eigenvalue weighted by Gasteiger charge is -2.50. The summed E-state index contributed by atoms with van der Waals surface area (Å²) in [5, 5.41) is 49.7. The van der Waals surface area contributed by atoms with Crippen molar-refractivity contribution in [1.29, 1.82) is 0 Å². The molecule has 6 rings (SSSR count). The minimum atomic E-state index is -2.68. The number of fused-ring (bicyclic) bond motifs is 3. The zero-order chi connectivity index (χ0) is 31.0. The number of likely N-dealkylation sites (N-methyl/N-ethyl adjacent to an activating group) is 1. The third kappa shape index (κ3) is 4.51. The lowest BCUT2D eigenvalue weighted by atomic mass is 9.57. The first-order valence-electron chi connectivity index (χ1n) is 14.4. The number of nitrogens with two attached hydrogens (primary N) is 1. The van der Waals surface area contributed by atoms with Gasteiger partial charge in [0.05, 0.1) is 29.8 Å². The molecule has 44 heavy (non-hydrogen) atoms. The van der Waals surface area contributed by atoms with Gasteiger partial charge in [0.1, 0.15) is 22.8 Å². The molecule has 1 aliphatic heterocycles. The standard InChI is InChI=1S/C31H36N4O8.CH4/c1-34(2)24-19-11-15-10-18-17(14-6-9-43-13-14)12-20(33-16-4-7-35(3)8-5-16)25(36)22(18)26(37)21(15)28(39)31(19,42)29(40)23(27(24)38)30(32)41;/h6,9,12-13,15-16,19,24,33,36-37,40,42H,4-5,7-8,10-11H2,1-3H3,(H2,32,41);1H4/t15-,19-,24-,31-;/m0./s1. The van der Waals surface area contributed by atoms with Crippen LogP contribution in [-0.2, 0) is 20.8 Å². The van der Waals surface area contributed by atoms with Gasteiger partial charge in [-0.3, -0.25) is 19.3 Å². The molecule has 1 aromatic carbocycles. The normalized spacial score (nSPS) is 27.5. The molecule has 2 heterocycles. The topological polar surface area (TPSA) is 190 Å². The molecule has 0 radical (unpaired) electrons. The number of rotatable bonds is 5. The SMILES string of the molecule is C.CN1CCC(Nc2cc(-c3ccoc3)c3c(c2O)C(O)=C2C(=O)[C@]4(O)C(O)=C(C(N)=O)C(=O)[C@@H](N(C)C)[C@@H]4C[C@@H]2C3)CC1. The van der Waals surface area contributed by atoms with Crippen LogP contribution in [0, 0.1) is 11.8 Å². The highest BCUT2D eigenvalue weighted by molar-refractivity contribution is 6.24. The Morgan fingerprint density at radius 2 is 1.86 bits per heavy atom. The Balaban J connectivity index is 0.00000384.